The average molecular weight is 438 g/mol. The molecule has 2 aliphatic heterocycles. The molecule has 0 radical (unpaired) electrons. The van der Waals surface area contributed by atoms with Crippen LogP contribution in [-0.2, 0) is 19.1 Å². The molecule has 2 amide bonds. The summed E-state index contributed by atoms with van der Waals surface area (Å²) in [6.07, 6.45) is -0.880. The number of Topliss-reactive ketones (excluding diaryl/α,β-unsaturated/α-hetero) is 1. The molecular weight excluding hydrogens is 410 g/mol. The molecule has 3 rings (SSSR count). The van der Waals surface area contributed by atoms with E-state index in [1.807, 2.05) is 0 Å². The maximum Gasteiger partial charge on any atom is 0.410 e. The van der Waals surface area contributed by atoms with Crippen molar-refractivity contribution >= 4 is 17.8 Å². The van der Waals surface area contributed by atoms with Crippen LogP contribution in [0.3, 0.4) is 0 Å². The minimum absolute atomic E-state index is 0.0694. The fraction of sp³-hybridized carbons (Fsp3) is 0.591. The maximum absolute atomic E-state index is 13.7. The van der Waals surface area contributed by atoms with Crippen molar-refractivity contribution < 1.29 is 32.6 Å². The van der Waals surface area contributed by atoms with E-state index in [-0.39, 0.29) is 25.3 Å². The normalized spacial score (nSPS) is 21.8. The zero-order valence-electron chi connectivity index (χ0n) is 18.0. The molecule has 9 heteroatoms. The van der Waals surface area contributed by atoms with Gasteiger partial charge < -0.3 is 14.4 Å². The molecule has 0 aliphatic carbocycles. The van der Waals surface area contributed by atoms with E-state index in [0.29, 0.717) is 31.9 Å². The minimum Gasteiger partial charge on any atom is -0.444 e. The van der Waals surface area contributed by atoms with Gasteiger partial charge in [-0.25, -0.2) is 13.6 Å². The maximum atomic E-state index is 13.7. The van der Waals surface area contributed by atoms with Crippen LogP contribution in [0.5, 0.6) is 0 Å². The van der Waals surface area contributed by atoms with Crippen molar-refractivity contribution in [3.63, 3.8) is 0 Å². The zero-order chi connectivity index (χ0) is 22.8. The average Bonchev–Trinajstić information content (AvgIpc) is 3.12. The highest BCUT2D eigenvalue weighted by molar-refractivity contribution is 6.01. The Morgan fingerprint density at radius 1 is 1.10 bits per heavy atom. The SMILES string of the molecule is CC(C)(C)OC(=O)N1C[C@H](c2cc(F)cc(F)c2)C[C@H]1C(=O)CC(=O)N1CCOCC1. The zero-order valence-corrected chi connectivity index (χ0v) is 18.0. The number of hydrogen-bond donors (Lipinski definition) is 0. The number of ketones is 1. The molecule has 0 unspecified atom stereocenters. The summed E-state index contributed by atoms with van der Waals surface area (Å²) in [5, 5.41) is 0. The molecule has 2 saturated heterocycles. The Morgan fingerprint density at radius 2 is 1.71 bits per heavy atom. The number of likely N-dealkylation sites (tertiary alicyclic amines) is 1. The van der Waals surface area contributed by atoms with Gasteiger partial charge in [0.25, 0.3) is 0 Å². The second-order valence-electron chi connectivity index (χ2n) is 8.92. The van der Waals surface area contributed by atoms with Crippen LogP contribution in [0.2, 0.25) is 0 Å². The molecule has 0 N–H and O–H groups in total. The van der Waals surface area contributed by atoms with Gasteiger partial charge in [0.15, 0.2) is 5.78 Å². The molecule has 2 atom stereocenters. The molecular formula is C22H28F2N2O5. The lowest BCUT2D eigenvalue weighted by molar-refractivity contribution is -0.139. The molecule has 2 aliphatic rings. The van der Waals surface area contributed by atoms with Crippen LogP contribution in [-0.4, -0.2) is 72.1 Å². The van der Waals surface area contributed by atoms with E-state index >= 15 is 0 Å². The first-order valence-electron chi connectivity index (χ1n) is 10.4. The third kappa shape index (κ3) is 6.00. The summed E-state index contributed by atoms with van der Waals surface area (Å²) < 4.78 is 38.1. The highest BCUT2D eigenvalue weighted by Gasteiger charge is 2.42. The van der Waals surface area contributed by atoms with E-state index in [9.17, 15) is 23.2 Å². The number of morpholine rings is 1. The van der Waals surface area contributed by atoms with Gasteiger partial charge in [0.05, 0.1) is 25.7 Å². The van der Waals surface area contributed by atoms with Crippen LogP contribution in [0.1, 0.15) is 45.1 Å². The van der Waals surface area contributed by atoms with Crippen molar-refractivity contribution in [2.45, 2.75) is 51.2 Å². The van der Waals surface area contributed by atoms with E-state index in [1.165, 1.54) is 17.0 Å². The summed E-state index contributed by atoms with van der Waals surface area (Å²) in [5.74, 6) is -2.64. The number of ether oxygens (including phenoxy) is 2. The fourth-order valence-electron chi connectivity index (χ4n) is 3.91. The molecule has 0 saturated carbocycles. The van der Waals surface area contributed by atoms with Crippen molar-refractivity contribution in [1.82, 2.24) is 9.80 Å². The summed E-state index contributed by atoms with van der Waals surface area (Å²) >= 11 is 0. The monoisotopic (exact) mass is 438 g/mol. The van der Waals surface area contributed by atoms with Gasteiger partial charge in [-0.2, -0.15) is 0 Å². The van der Waals surface area contributed by atoms with Gasteiger partial charge >= 0.3 is 6.09 Å². The molecule has 0 spiro atoms. The Balaban J connectivity index is 1.78. The van der Waals surface area contributed by atoms with Gasteiger partial charge in [-0.3, -0.25) is 14.5 Å². The van der Waals surface area contributed by atoms with E-state index in [0.717, 1.165) is 6.07 Å². The highest BCUT2D eigenvalue weighted by Crippen LogP contribution is 2.34. The Morgan fingerprint density at radius 3 is 2.29 bits per heavy atom. The van der Waals surface area contributed by atoms with Crippen molar-refractivity contribution in [2.75, 3.05) is 32.8 Å². The quantitative estimate of drug-likeness (QED) is 0.676. The van der Waals surface area contributed by atoms with Gasteiger partial charge in [-0.1, -0.05) is 0 Å². The first-order valence-corrected chi connectivity index (χ1v) is 10.4. The Bertz CT molecular complexity index is 829. The number of nitrogens with zero attached hydrogens (tertiary/aromatic N) is 2. The molecule has 2 fully saturated rings. The third-order valence-electron chi connectivity index (χ3n) is 5.35. The smallest absolute Gasteiger partial charge is 0.410 e. The lowest BCUT2D eigenvalue weighted by Crippen LogP contribution is -2.46. The molecule has 31 heavy (non-hydrogen) atoms. The van der Waals surface area contributed by atoms with Crippen LogP contribution < -0.4 is 0 Å². The number of carbonyl (C=O) groups is 3. The summed E-state index contributed by atoms with van der Waals surface area (Å²) in [6.45, 7) is 6.86. The lowest BCUT2D eigenvalue weighted by atomic mass is 9.94. The number of benzene rings is 1. The molecule has 1 aromatic carbocycles. The summed E-state index contributed by atoms with van der Waals surface area (Å²) in [5.41, 5.74) is -0.418. The summed E-state index contributed by atoms with van der Waals surface area (Å²) in [6, 6.07) is 2.27. The predicted octanol–water partition coefficient (Wildman–Crippen LogP) is 2.88. The largest absolute Gasteiger partial charge is 0.444 e. The van der Waals surface area contributed by atoms with Crippen LogP contribution in [0.4, 0.5) is 13.6 Å². The Labute approximate surface area is 180 Å². The van der Waals surface area contributed by atoms with Gasteiger partial charge in [-0.05, 0) is 44.9 Å². The second-order valence-corrected chi connectivity index (χ2v) is 8.92. The number of amides is 2. The van der Waals surface area contributed by atoms with Crippen LogP contribution in [0.25, 0.3) is 0 Å². The molecule has 0 bridgehead atoms. The van der Waals surface area contributed by atoms with Gasteiger partial charge in [0, 0.05) is 31.6 Å². The van der Waals surface area contributed by atoms with E-state index in [1.54, 1.807) is 25.7 Å². The second kappa shape index (κ2) is 9.30. The van der Waals surface area contributed by atoms with Gasteiger partial charge in [0.2, 0.25) is 5.91 Å². The standard InChI is InChI=1S/C22H28F2N2O5/c1-22(2,3)31-21(29)26-13-15(14-8-16(23)11-17(24)9-14)10-18(26)19(27)12-20(28)25-4-6-30-7-5-25/h8-9,11,15,18H,4-7,10,12-13H2,1-3H3/t15-,18+/m1/s1. The van der Waals surface area contributed by atoms with Crippen LogP contribution in [0.15, 0.2) is 18.2 Å². The number of hydrogen-bond acceptors (Lipinski definition) is 5. The number of carbonyl (C=O) groups excluding carboxylic acids is 3. The van der Waals surface area contributed by atoms with Gasteiger partial charge in [0.1, 0.15) is 17.2 Å². The summed E-state index contributed by atoms with van der Waals surface area (Å²) in [7, 11) is 0. The van der Waals surface area contributed by atoms with Crippen molar-refractivity contribution in [1.29, 1.82) is 0 Å². The first-order chi connectivity index (χ1) is 14.5. The summed E-state index contributed by atoms with van der Waals surface area (Å²) in [4.78, 5) is 41.1. The third-order valence-corrected chi connectivity index (χ3v) is 5.35. The lowest BCUT2D eigenvalue weighted by Gasteiger charge is -2.29. The molecule has 170 valence electrons. The molecule has 2 heterocycles. The topological polar surface area (TPSA) is 76.2 Å². The van der Waals surface area contributed by atoms with Crippen LogP contribution in [0, 0.1) is 11.6 Å². The van der Waals surface area contributed by atoms with E-state index in [2.05, 4.69) is 0 Å². The first kappa shape index (κ1) is 23.1. The molecule has 1 aromatic rings. The fourth-order valence-corrected chi connectivity index (χ4v) is 3.91. The van der Waals surface area contributed by atoms with Crippen molar-refractivity contribution in [3.05, 3.63) is 35.4 Å². The predicted molar refractivity (Wildman–Crippen MR) is 107 cm³/mol. The molecule has 0 aromatic heterocycles. The number of rotatable bonds is 4. The molecule has 7 nitrogen and oxygen atoms in total. The highest BCUT2D eigenvalue weighted by atomic mass is 19.1. The Hall–Kier alpha value is -2.55. The van der Waals surface area contributed by atoms with Crippen molar-refractivity contribution in [2.24, 2.45) is 0 Å². The minimum atomic E-state index is -0.906. The number of halogens is 2. The van der Waals surface area contributed by atoms with Crippen molar-refractivity contribution in [3.8, 4) is 0 Å². The van der Waals surface area contributed by atoms with E-state index in [4.69, 9.17) is 9.47 Å². The Kier molecular flexibility index (Phi) is 6.93. The van der Waals surface area contributed by atoms with E-state index < -0.39 is 41.1 Å². The van der Waals surface area contributed by atoms with Gasteiger partial charge in [-0.15, -0.1) is 0 Å². The van der Waals surface area contributed by atoms with Crippen LogP contribution >= 0.6 is 0 Å².